The number of amides is 1. The van der Waals surface area contributed by atoms with E-state index in [0.717, 1.165) is 17.7 Å². The molecule has 0 radical (unpaired) electrons. The zero-order valence-corrected chi connectivity index (χ0v) is 16.6. The van der Waals surface area contributed by atoms with Gasteiger partial charge in [-0.15, -0.1) is 0 Å². The van der Waals surface area contributed by atoms with Crippen LogP contribution in [0, 0.1) is 13.8 Å². The normalized spacial score (nSPS) is 10.8. The van der Waals surface area contributed by atoms with Crippen LogP contribution in [0.1, 0.15) is 54.0 Å². The standard InChI is InChI=1S/C20H26ClN3O2/c1-5-10-23(13-17-7-6-8-18(21)12-17)19(26)9-11-24-15(3)20(16(4)25)14(2)22-24/h6-8,12H,5,9-11,13H2,1-4H3. The Balaban J connectivity index is 2.06. The maximum absolute atomic E-state index is 12.7. The Hall–Kier alpha value is -2.14. The zero-order valence-electron chi connectivity index (χ0n) is 15.9. The van der Waals surface area contributed by atoms with Gasteiger partial charge in [0.1, 0.15) is 0 Å². The number of carbonyl (C=O) groups is 2. The first-order chi connectivity index (χ1) is 12.3. The summed E-state index contributed by atoms with van der Waals surface area (Å²) in [5.74, 6) is 0.0786. The van der Waals surface area contributed by atoms with Crippen molar-refractivity contribution in [2.24, 2.45) is 0 Å². The first-order valence-corrected chi connectivity index (χ1v) is 9.28. The minimum atomic E-state index is 0.00569. The Labute approximate surface area is 159 Å². The third-order valence-electron chi connectivity index (χ3n) is 4.38. The fourth-order valence-corrected chi connectivity index (χ4v) is 3.41. The molecule has 1 aromatic heterocycles. The maximum atomic E-state index is 12.7. The van der Waals surface area contributed by atoms with Crippen LogP contribution in [0.5, 0.6) is 0 Å². The van der Waals surface area contributed by atoms with E-state index in [1.165, 1.54) is 0 Å². The number of halogens is 1. The van der Waals surface area contributed by atoms with Crippen molar-refractivity contribution in [2.45, 2.75) is 53.6 Å². The number of Topliss-reactive ketones (excluding diaryl/α,β-unsaturated/α-hetero) is 1. The quantitative estimate of drug-likeness (QED) is 0.650. The highest BCUT2D eigenvalue weighted by atomic mass is 35.5. The highest BCUT2D eigenvalue weighted by molar-refractivity contribution is 6.30. The smallest absolute Gasteiger partial charge is 0.224 e. The molecule has 0 spiro atoms. The number of nitrogens with zero attached hydrogens (tertiary/aromatic N) is 3. The maximum Gasteiger partial charge on any atom is 0.224 e. The van der Waals surface area contributed by atoms with Gasteiger partial charge in [0.05, 0.1) is 11.3 Å². The van der Waals surface area contributed by atoms with Gasteiger partial charge in [-0.3, -0.25) is 14.3 Å². The van der Waals surface area contributed by atoms with Crippen molar-refractivity contribution < 1.29 is 9.59 Å². The minimum absolute atomic E-state index is 0.00569. The molecule has 0 fully saturated rings. The number of carbonyl (C=O) groups excluding carboxylic acids is 2. The molecule has 140 valence electrons. The van der Waals surface area contributed by atoms with Gasteiger partial charge < -0.3 is 4.90 Å². The van der Waals surface area contributed by atoms with Gasteiger partial charge in [0, 0.05) is 36.8 Å². The van der Waals surface area contributed by atoms with Gasteiger partial charge in [0.15, 0.2) is 5.78 Å². The summed E-state index contributed by atoms with van der Waals surface area (Å²) in [5, 5.41) is 5.08. The lowest BCUT2D eigenvalue weighted by atomic mass is 10.1. The van der Waals surface area contributed by atoms with E-state index in [0.29, 0.717) is 42.3 Å². The number of aryl methyl sites for hydroxylation is 2. The van der Waals surface area contributed by atoms with E-state index in [4.69, 9.17) is 11.6 Å². The van der Waals surface area contributed by atoms with E-state index in [1.807, 2.05) is 43.0 Å². The Morgan fingerprint density at radius 1 is 1.27 bits per heavy atom. The van der Waals surface area contributed by atoms with Gasteiger partial charge in [0.2, 0.25) is 5.91 Å². The average molecular weight is 376 g/mol. The summed E-state index contributed by atoms with van der Waals surface area (Å²) < 4.78 is 1.76. The van der Waals surface area contributed by atoms with E-state index >= 15 is 0 Å². The molecule has 6 heteroatoms. The second-order valence-electron chi connectivity index (χ2n) is 6.52. The summed E-state index contributed by atoms with van der Waals surface area (Å²) in [6.45, 7) is 9.00. The lowest BCUT2D eigenvalue weighted by molar-refractivity contribution is -0.132. The van der Waals surface area contributed by atoms with Crippen LogP contribution in [0.25, 0.3) is 0 Å². The van der Waals surface area contributed by atoms with E-state index < -0.39 is 0 Å². The molecule has 1 aromatic carbocycles. The molecular weight excluding hydrogens is 350 g/mol. The molecule has 0 saturated carbocycles. The number of rotatable bonds is 8. The molecule has 26 heavy (non-hydrogen) atoms. The second kappa shape index (κ2) is 8.99. The van der Waals surface area contributed by atoms with Crippen molar-refractivity contribution in [1.82, 2.24) is 14.7 Å². The van der Waals surface area contributed by atoms with Crippen LogP contribution in [-0.2, 0) is 17.9 Å². The summed E-state index contributed by atoms with van der Waals surface area (Å²) in [5.41, 5.74) is 3.21. The van der Waals surface area contributed by atoms with Gasteiger partial charge >= 0.3 is 0 Å². The minimum Gasteiger partial charge on any atom is -0.338 e. The fourth-order valence-electron chi connectivity index (χ4n) is 3.20. The van der Waals surface area contributed by atoms with Gasteiger partial charge in [-0.1, -0.05) is 30.7 Å². The summed E-state index contributed by atoms with van der Waals surface area (Å²) in [4.78, 5) is 26.3. The van der Waals surface area contributed by atoms with Gasteiger partial charge in [-0.2, -0.15) is 5.10 Å². The highest BCUT2D eigenvalue weighted by Crippen LogP contribution is 2.16. The van der Waals surface area contributed by atoms with E-state index in [2.05, 4.69) is 12.0 Å². The number of hydrogen-bond acceptors (Lipinski definition) is 3. The molecule has 2 aromatic rings. The third kappa shape index (κ3) is 4.94. The Morgan fingerprint density at radius 2 is 2.00 bits per heavy atom. The average Bonchev–Trinajstić information content (AvgIpc) is 2.86. The largest absolute Gasteiger partial charge is 0.338 e. The van der Waals surface area contributed by atoms with Crippen molar-refractivity contribution >= 4 is 23.3 Å². The van der Waals surface area contributed by atoms with Crippen LogP contribution in [0.4, 0.5) is 0 Å². The van der Waals surface area contributed by atoms with Gasteiger partial charge in [0.25, 0.3) is 0 Å². The molecule has 0 N–H and O–H groups in total. The Morgan fingerprint density at radius 3 is 2.58 bits per heavy atom. The molecule has 2 rings (SSSR count). The number of ketones is 1. The van der Waals surface area contributed by atoms with Crippen LogP contribution in [0.2, 0.25) is 5.02 Å². The Kier molecular flexibility index (Phi) is 6.98. The molecule has 5 nitrogen and oxygen atoms in total. The molecule has 0 atom stereocenters. The predicted octanol–water partition coefficient (Wildman–Crippen LogP) is 4.18. The zero-order chi connectivity index (χ0) is 19.3. The van der Waals surface area contributed by atoms with Crippen LogP contribution in [0.15, 0.2) is 24.3 Å². The lowest BCUT2D eigenvalue weighted by Crippen LogP contribution is -2.32. The number of benzene rings is 1. The van der Waals surface area contributed by atoms with E-state index in [9.17, 15) is 9.59 Å². The number of aromatic nitrogens is 2. The van der Waals surface area contributed by atoms with Crippen molar-refractivity contribution in [3.8, 4) is 0 Å². The Bertz CT molecular complexity index is 798. The van der Waals surface area contributed by atoms with Crippen LogP contribution in [0.3, 0.4) is 0 Å². The van der Waals surface area contributed by atoms with Crippen LogP contribution < -0.4 is 0 Å². The molecule has 0 bridgehead atoms. The molecule has 1 amide bonds. The van der Waals surface area contributed by atoms with Gasteiger partial charge in [-0.25, -0.2) is 0 Å². The number of hydrogen-bond donors (Lipinski definition) is 0. The highest BCUT2D eigenvalue weighted by Gasteiger charge is 2.18. The van der Waals surface area contributed by atoms with E-state index in [1.54, 1.807) is 11.6 Å². The molecule has 0 saturated heterocycles. The predicted molar refractivity (Wildman–Crippen MR) is 103 cm³/mol. The van der Waals surface area contributed by atoms with Crippen molar-refractivity contribution in [2.75, 3.05) is 6.54 Å². The van der Waals surface area contributed by atoms with Crippen LogP contribution >= 0.6 is 11.6 Å². The summed E-state index contributed by atoms with van der Waals surface area (Å²) >= 11 is 6.04. The van der Waals surface area contributed by atoms with Crippen molar-refractivity contribution in [1.29, 1.82) is 0 Å². The SMILES string of the molecule is CCCN(Cc1cccc(Cl)c1)C(=O)CCn1nc(C)c(C(C)=O)c1C. The second-order valence-corrected chi connectivity index (χ2v) is 6.96. The van der Waals surface area contributed by atoms with Crippen molar-refractivity contribution in [3.05, 3.63) is 51.8 Å². The van der Waals surface area contributed by atoms with E-state index in [-0.39, 0.29) is 11.7 Å². The van der Waals surface area contributed by atoms with Gasteiger partial charge in [-0.05, 0) is 44.9 Å². The molecule has 0 unspecified atom stereocenters. The third-order valence-corrected chi connectivity index (χ3v) is 4.61. The lowest BCUT2D eigenvalue weighted by Gasteiger charge is -2.22. The van der Waals surface area contributed by atoms with Crippen molar-refractivity contribution in [3.63, 3.8) is 0 Å². The van der Waals surface area contributed by atoms with Crippen LogP contribution in [-0.4, -0.2) is 32.9 Å². The molecule has 0 aliphatic rings. The summed E-state index contributed by atoms with van der Waals surface area (Å²) in [6.07, 6.45) is 1.24. The summed E-state index contributed by atoms with van der Waals surface area (Å²) in [7, 11) is 0. The molecule has 0 aliphatic heterocycles. The topological polar surface area (TPSA) is 55.2 Å². The molecule has 1 heterocycles. The first kappa shape index (κ1) is 20.2. The molecule has 0 aliphatic carbocycles. The molecular formula is C20H26ClN3O2. The summed E-state index contributed by atoms with van der Waals surface area (Å²) in [6, 6.07) is 7.58. The first-order valence-electron chi connectivity index (χ1n) is 8.90. The monoisotopic (exact) mass is 375 g/mol. The fraction of sp³-hybridized carbons (Fsp3) is 0.450.